The van der Waals surface area contributed by atoms with Gasteiger partial charge in [0.1, 0.15) is 0 Å². The Hall–Kier alpha value is -1.40. The number of carbonyl (C=O) groups excluding carboxylic acids is 2. The van der Waals surface area contributed by atoms with Crippen LogP contribution in [0.2, 0.25) is 0 Å². The molecule has 2 amide bonds. The van der Waals surface area contributed by atoms with Crippen molar-refractivity contribution in [2.75, 3.05) is 26.3 Å². The quantitative estimate of drug-likeness (QED) is 0.253. The summed E-state index contributed by atoms with van der Waals surface area (Å²) in [4.78, 5) is 22.8. The number of allylic oxidation sites excluding steroid dienone is 1. The van der Waals surface area contributed by atoms with Gasteiger partial charge in [-0.3, -0.25) is 9.59 Å². The standard InChI is InChI=1S/C18H34N2O4/c21-15-9-13-19-17(23)11-7-5-3-1-2-4-6-8-12-18(24)20-14-10-16-22/h7,11,21-22H,1-6,8-10,12-16H2,(H,19,23)(H,20,24)/b11-7+. The Morgan fingerprint density at radius 1 is 0.750 bits per heavy atom. The first-order chi connectivity index (χ1) is 11.7. The Labute approximate surface area is 145 Å². The molecule has 0 unspecified atom stereocenters. The molecule has 0 aliphatic rings. The second-order valence-electron chi connectivity index (χ2n) is 5.86. The molecule has 6 nitrogen and oxygen atoms in total. The highest BCUT2D eigenvalue weighted by Crippen LogP contribution is 2.08. The summed E-state index contributed by atoms with van der Waals surface area (Å²) < 4.78 is 0. The summed E-state index contributed by atoms with van der Waals surface area (Å²) >= 11 is 0. The minimum absolute atomic E-state index is 0.0749. The molecule has 0 aromatic heterocycles. The fraction of sp³-hybridized carbons (Fsp3) is 0.778. The zero-order chi connectivity index (χ0) is 17.9. The van der Waals surface area contributed by atoms with Crippen molar-refractivity contribution in [3.63, 3.8) is 0 Å². The van der Waals surface area contributed by atoms with E-state index in [0.717, 1.165) is 44.9 Å². The van der Waals surface area contributed by atoms with E-state index in [-0.39, 0.29) is 25.0 Å². The molecule has 0 atom stereocenters. The molecule has 0 saturated carbocycles. The number of unbranched alkanes of at least 4 members (excludes halogenated alkanes) is 6. The van der Waals surface area contributed by atoms with E-state index in [2.05, 4.69) is 10.6 Å². The third-order valence-electron chi connectivity index (χ3n) is 3.59. The molecule has 0 spiro atoms. The van der Waals surface area contributed by atoms with Gasteiger partial charge in [0.15, 0.2) is 0 Å². The summed E-state index contributed by atoms with van der Waals surface area (Å²) in [6, 6.07) is 0. The van der Waals surface area contributed by atoms with Gasteiger partial charge in [0, 0.05) is 32.7 Å². The van der Waals surface area contributed by atoms with E-state index in [1.54, 1.807) is 6.08 Å². The molecule has 0 aromatic carbocycles. The number of amides is 2. The normalized spacial score (nSPS) is 10.9. The molecule has 0 aliphatic carbocycles. The minimum Gasteiger partial charge on any atom is -0.396 e. The Balaban J connectivity index is 3.30. The molecule has 4 N–H and O–H groups in total. The molecule has 0 saturated heterocycles. The van der Waals surface area contributed by atoms with Crippen LogP contribution in [-0.2, 0) is 9.59 Å². The third kappa shape index (κ3) is 17.0. The number of carbonyl (C=O) groups is 2. The lowest BCUT2D eigenvalue weighted by atomic mass is 10.1. The highest BCUT2D eigenvalue weighted by molar-refractivity contribution is 5.87. The van der Waals surface area contributed by atoms with E-state index in [1.807, 2.05) is 6.08 Å². The van der Waals surface area contributed by atoms with Crippen molar-refractivity contribution in [2.45, 2.75) is 64.2 Å². The SMILES string of the molecule is O=C(/C=C/CCCCCCCCC(=O)NCCCO)NCCCO. The summed E-state index contributed by atoms with van der Waals surface area (Å²) in [5.41, 5.74) is 0. The van der Waals surface area contributed by atoms with Crippen LogP contribution in [0.15, 0.2) is 12.2 Å². The summed E-state index contributed by atoms with van der Waals surface area (Å²) in [7, 11) is 0. The number of hydrogen-bond acceptors (Lipinski definition) is 4. The van der Waals surface area contributed by atoms with Gasteiger partial charge in [-0.1, -0.05) is 31.8 Å². The Morgan fingerprint density at radius 2 is 1.33 bits per heavy atom. The monoisotopic (exact) mass is 342 g/mol. The molecule has 0 aliphatic heterocycles. The number of aliphatic hydroxyl groups excluding tert-OH is 2. The zero-order valence-electron chi connectivity index (χ0n) is 14.8. The van der Waals surface area contributed by atoms with E-state index in [4.69, 9.17) is 10.2 Å². The van der Waals surface area contributed by atoms with E-state index in [1.165, 1.54) is 0 Å². The van der Waals surface area contributed by atoms with Gasteiger partial charge in [-0.2, -0.15) is 0 Å². The maximum atomic E-state index is 11.4. The van der Waals surface area contributed by atoms with Crippen LogP contribution in [0.5, 0.6) is 0 Å². The van der Waals surface area contributed by atoms with Crippen LogP contribution in [0.3, 0.4) is 0 Å². The van der Waals surface area contributed by atoms with Crippen molar-refractivity contribution in [1.29, 1.82) is 0 Å². The largest absolute Gasteiger partial charge is 0.396 e. The molecule has 6 heteroatoms. The van der Waals surface area contributed by atoms with Crippen LogP contribution in [0.25, 0.3) is 0 Å². The second-order valence-corrected chi connectivity index (χ2v) is 5.86. The van der Waals surface area contributed by atoms with Crippen LogP contribution in [0.1, 0.15) is 64.2 Å². The van der Waals surface area contributed by atoms with Crippen molar-refractivity contribution < 1.29 is 19.8 Å². The Morgan fingerprint density at radius 3 is 2.00 bits per heavy atom. The van der Waals surface area contributed by atoms with Crippen LogP contribution in [-0.4, -0.2) is 48.3 Å². The van der Waals surface area contributed by atoms with Crippen molar-refractivity contribution in [3.05, 3.63) is 12.2 Å². The highest BCUT2D eigenvalue weighted by Gasteiger charge is 2.00. The average molecular weight is 342 g/mol. The lowest BCUT2D eigenvalue weighted by molar-refractivity contribution is -0.121. The average Bonchev–Trinajstić information content (AvgIpc) is 2.57. The molecule has 0 bridgehead atoms. The zero-order valence-corrected chi connectivity index (χ0v) is 14.8. The topological polar surface area (TPSA) is 98.7 Å². The third-order valence-corrected chi connectivity index (χ3v) is 3.59. The van der Waals surface area contributed by atoms with Crippen molar-refractivity contribution in [3.8, 4) is 0 Å². The number of nitrogens with one attached hydrogen (secondary N) is 2. The van der Waals surface area contributed by atoms with Gasteiger partial charge in [-0.15, -0.1) is 0 Å². The van der Waals surface area contributed by atoms with Gasteiger partial charge in [0.2, 0.25) is 11.8 Å². The first-order valence-electron chi connectivity index (χ1n) is 9.13. The van der Waals surface area contributed by atoms with E-state index in [0.29, 0.717) is 32.4 Å². The maximum absolute atomic E-state index is 11.4. The lowest BCUT2D eigenvalue weighted by Gasteiger charge is -2.04. The predicted molar refractivity (Wildman–Crippen MR) is 95.5 cm³/mol. The molecule has 24 heavy (non-hydrogen) atoms. The molecular formula is C18H34N2O4. The second kappa shape index (κ2) is 17.9. The fourth-order valence-electron chi connectivity index (χ4n) is 2.19. The molecule has 0 rings (SSSR count). The fourth-order valence-corrected chi connectivity index (χ4v) is 2.19. The number of hydrogen-bond donors (Lipinski definition) is 4. The minimum atomic E-state index is -0.0966. The van der Waals surface area contributed by atoms with Gasteiger partial charge in [0.05, 0.1) is 0 Å². The van der Waals surface area contributed by atoms with Crippen molar-refractivity contribution in [2.24, 2.45) is 0 Å². The molecule has 140 valence electrons. The van der Waals surface area contributed by atoms with Gasteiger partial charge in [0.25, 0.3) is 0 Å². The van der Waals surface area contributed by atoms with Crippen LogP contribution < -0.4 is 10.6 Å². The summed E-state index contributed by atoms with van der Waals surface area (Å²) in [6.45, 7) is 1.28. The molecule has 0 heterocycles. The smallest absolute Gasteiger partial charge is 0.243 e. The Kier molecular flexibility index (Phi) is 16.9. The van der Waals surface area contributed by atoms with E-state index >= 15 is 0 Å². The number of rotatable bonds is 16. The number of aliphatic hydroxyl groups is 2. The predicted octanol–water partition coefficient (Wildman–Crippen LogP) is 1.66. The van der Waals surface area contributed by atoms with Crippen molar-refractivity contribution >= 4 is 11.8 Å². The molecule has 0 fully saturated rings. The van der Waals surface area contributed by atoms with Gasteiger partial charge >= 0.3 is 0 Å². The summed E-state index contributed by atoms with van der Waals surface area (Å²) in [5.74, 6) is -0.0217. The van der Waals surface area contributed by atoms with Gasteiger partial charge < -0.3 is 20.8 Å². The lowest BCUT2D eigenvalue weighted by Crippen LogP contribution is -2.24. The van der Waals surface area contributed by atoms with Crippen LogP contribution >= 0.6 is 0 Å². The Bertz CT molecular complexity index is 346. The molecule has 0 aromatic rings. The summed E-state index contributed by atoms with van der Waals surface area (Å²) in [5, 5.41) is 22.7. The molecular weight excluding hydrogens is 308 g/mol. The van der Waals surface area contributed by atoms with Crippen LogP contribution in [0.4, 0.5) is 0 Å². The van der Waals surface area contributed by atoms with E-state index < -0.39 is 0 Å². The van der Waals surface area contributed by atoms with Gasteiger partial charge in [-0.25, -0.2) is 0 Å². The maximum Gasteiger partial charge on any atom is 0.243 e. The van der Waals surface area contributed by atoms with Gasteiger partial charge in [-0.05, 0) is 38.2 Å². The first-order valence-corrected chi connectivity index (χ1v) is 9.13. The molecule has 0 radical (unpaired) electrons. The van der Waals surface area contributed by atoms with Crippen LogP contribution in [0, 0.1) is 0 Å². The first kappa shape index (κ1) is 22.6. The highest BCUT2D eigenvalue weighted by atomic mass is 16.3. The van der Waals surface area contributed by atoms with Crippen molar-refractivity contribution in [1.82, 2.24) is 10.6 Å². The summed E-state index contributed by atoms with van der Waals surface area (Å²) in [6.07, 6.45) is 12.6. The van der Waals surface area contributed by atoms with E-state index in [9.17, 15) is 9.59 Å².